The molecule has 1 aromatic carbocycles. The van der Waals surface area contributed by atoms with Gasteiger partial charge in [0, 0.05) is 17.8 Å². The Morgan fingerprint density at radius 3 is 2.56 bits per heavy atom. The van der Waals surface area contributed by atoms with Crippen LogP contribution in [0.4, 0.5) is 10.5 Å². The van der Waals surface area contributed by atoms with E-state index < -0.39 is 0 Å². The van der Waals surface area contributed by atoms with Crippen molar-refractivity contribution in [1.29, 1.82) is 0 Å². The highest BCUT2D eigenvalue weighted by Crippen LogP contribution is 2.37. The maximum absolute atomic E-state index is 12.0. The second-order valence-electron chi connectivity index (χ2n) is 4.70. The van der Waals surface area contributed by atoms with Gasteiger partial charge in [0.2, 0.25) is 0 Å². The van der Waals surface area contributed by atoms with E-state index in [-0.39, 0.29) is 6.03 Å². The minimum Gasteiger partial charge on any atom is -0.307 e. The lowest BCUT2D eigenvalue weighted by molar-refractivity contribution is 0.232. The molecule has 0 saturated carbocycles. The minimum atomic E-state index is -0.0780. The van der Waals surface area contributed by atoms with Gasteiger partial charge in [0.25, 0.3) is 0 Å². The number of hydrogen-bond acceptors (Lipinski definition) is 1. The predicted octanol–water partition coefficient (Wildman–Crippen LogP) is 3.70. The first-order valence-electron chi connectivity index (χ1n) is 6.42. The number of fused-ring (bicyclic) bond motifs is 1. The Morgan fingerprint density at radius 2 is 2.00 bits per heavy atom. The quantitative estimate of drug-likeness (QED) is 0.845. The average molecular weight is 244 g/mol. The van der Waals surface area contributed by atoms with Gasteiger partial charge in [0.05, 0.1) is 5.69 Å². The van der Waals surface area contributed by atoms with Gasteiger partial charge < -0.3 is 5.32 Å². The van der Waals surface area contributed by atoms with Crippen molar-refractivity contribution in [3.05, 3.63) is 34.9 Å². The number of hydrogen-bond donors (Lipinski definition) is 1. The van der Waals surface area contributed by atoms with Crippen molar-refractivity contribution in [1.82, 2.24) is 4.90 Å². The van der Waals surface area contributed by atoms with Crippen LogP contribution < -0.4 is 5.32 Å². The monoisotopic (exact) mass is 244 g/mol. The highest BCUT2D eigenvalue weighted by molar-refractivity contribution is 6.04. The van der Waals surface area contributed by atoms with Crippen molar-refractivity contribution in [3.63, 3.8) is 0 Å². The normalized spacial score (nSPS) is 14.6. The molecule has 3 heteroatoms. The van der Waals surface area contributed by atoms with E-state index in [1.165, 1.54) is 11.1 Å². The van der Waals surface area contributed by atoms with E-state index in [0.29, 0.717) is 6.54 Å². The van der Waals surface area contributed by atoms with Gasteiger partial charge in [0.15, 0.2) is 0 Å². The second kappa shape index (κ2) is 4.48. The van der Waals surface area contributed by atoms with E-state index in [1.807, 2.05) is 6.92 Å². The van der Waals surface area contributed by atoms with Crippen LogP contribution in [0, 0.1) is 13.8 Å². The third kappa shape index (κ3) is 1.70. The third-order valence-electron chi connectivity index (χ3n) is 3.68. The highest BCUT2D eigenvalue weighted by atomic mass is 16.2. The summed E-state index contributed by atoms with van der Waals surface area (Å²) in [7, 11) is 0. The van der Waals surface area contributed by atoms with Gasteiger partial charge in [-0.2, -0.15) is 0 Å². The van der Waals surface area contributed by atoms with Gasteiger partial charge in [-0.1, -0.05) is 19.6 Å². The molecule has 3 nitrogen and oxygen atoms in total. The second-order valence-corrected chi connectivity index (χ2v) is 4.70. The summed E-state index contributed by atoms with van der Waals surface area (Å²) >= 11 is 0. The number of nitrogens with zero attached hydrogens (tertiary/aromatic N) is 1. The van der Waals surface area contributed by atoms with E-state index in [0.717, 1.165) is 28.9 Å². The van der Waals surface area contributed by atoms with Crippen LogP contribution in [0.2, 0.25) is 0 Å². The molecular formula is C15H20N2O. The number of rotatable bonds is 2. The molecule has 96 valence electrons. The molecule has 0 aromatic heterocycles. The molecule has 0 atom stereocenters. The largest absolute Gasteiger partial charge is 0.326 e. The standard InChI is InChI=1S/C15H20N2O/c1-6-12-8-9(3)13-11(5)17(7-2)15(18)16-14(13)10(12)4/h8H,5-7H2,1-4H3,(H,16,18). The summed E-state index contributed by atoms with van der Waals surface area (Å²) < 4.78 is 0. The van der Waals surface area contributed by atoms with Crippen LogP contribution >= 0.6 is 0 Å². The van der Waals surface area contributed by atoms with Gasteiger partial charge in [0.1, 0.15) is 0 Å². The number of amides is 2. The predicted molar refractivity (Wildman–Crippen MR) is 75.7 cm³/mol. The molecule has 1 aromatic rings. The van der Waals surface area contributed by atoms with Crippen molar-refractivity contribution < 1.29 is 4.79 Å². The first-order chi connectivity index (χ1) is 8.51. The molecule has 0 saturated heterocycles. The fourth-order valence-corrected chi connectivity index (χ4v) is 2.65. The smallest absolute Gasteiger partial charge is 0.307 e. The molecule has 0 unspecified atom stereocenters. The van der Waals surface area contributed by atoms with E-state index in [2.05, 4.69) is 38.7 Å². The summed E-state index contributed by atoms with van der Waals surface area (Å²) in [5, 5.41) is 3.00. The molecule has 0 spiro atoms. The molecule has 0 fully saturated rings. The summed E-state index contributed by atoms with van der Waals surface area (Å²) in [6.07, 6.45) is 0.972. The topological polar surface area (TPSA) is 32.3 Å². The van der Waals surface area contributed by atoms with Gasteiger partial charge >= 0.3 is 6.03 Å². The summed E-state index contributed by atoms with van der Waals surface area (Å²) in [4.78, 5) is 13.7. The molecule has 1 aliphatic heterocycles. The molecule has 0 bridgehead atoms. The average Bonchev–Trinajstić information content (AvgIpc) is 2.33. The summed E-state index contributed by atoms with van der Waals surface area (Å²) in [5.41, 5.74) is 6.43. The van der Waals surface area contributed by atoms with E-state index in [1.54, 1.807) is 4.90 Å². The summed E-state index contributed by atoms with van der Waals surface area (Å²) in [5.74, 6) is 0. The van der Waals surface area contributed by atoms with Gasteiger partial charge in [-0.05, 0) is 43.9 Å². The maximum Gasteiger partial charge on any atom is 0.326 e. The zero-order valence-corrected chi connectivity index (χ0v) is 11.6. The first-order valence-corrected chi connectivity index (χ1v) is 6.42. The van der Waals surface area contributed by atoms with Crippen molar-refractivity contribution in [2.45, 2.75) is 34.1 Å². The highest BCUT2D eigenvalue weighted by Gasteiger charge is 2.28. The Bertz CT molecular complexity index is 532. The number of carbonyl (C=O) groups excluding carboxylic acids is 1. The SMILES string of the molecule is C=C1c2c(C)cc(CC)c(C)c2NC(=O)N1CC. The Kier molecular flexibility index (Phi) is 3.16. The van der Waals surface area contributed by atoms with E-state index in [9.17, 15) is 4.79 Å². The van der Waals surface area contributed by atoms with Crippen LogP contribution in [0.15, 0.2) is 12.6 Å². The lowest BCUT2D eigenvalue weighted by atomic mass is 9.92. The number of anilines is 1. The fourth-order valence-electron chi connectivity index (χ4n) is 2.65. The number of urea groups is 1. The Balaban J connectivity index is 2.67. The Hall–Kier alpha value is -1.77. The zero-order chi connectivity index (χ0) is 13.4. The molecule has 2 rings (SSSR count). The Labute approximate surface area is 108 Å². The molecule has 1 heterocycles. The summed E-state index contributed by atoms with van der Waals surface area (Å²) in [6.45, 7) is 12.9. The van der Waals surface area contributed by atoms with Crippen molar-refractivity contribution in [2.24, 2.45) is 0 Å². The van der Waals surface area contributed by atoms with Crippen LogP contribution in [0.25, 0.3) is 5.70 Å². The van der Waals surface area contributed by atoms with Crippen LogP contribution in [-0.4, -0.2) is 17.5 Å². The zero-order valence-electron chi connectivity index (χ0n) is 11.6. The van der Waals surface area contributed by atoms with Crippen molar-refractivity contribution in [3.8, 4) is 0 Å². The Morgan fingerprint density at radius 1 is 1.33 bits per heavy atom. The molecule has 2 amide bonds. The first kappa shape index (κ1) is 12.7. The lowest BCUT2D eigenvalue weighted by Crippen LogP contribution is -2.38. The van der Waals surface area contributed by atoms with Gasteiger partial charge in [-0.25, -0.2) is 4.79 Å². The molecule has 0 radical (unpaired) electrons. The van der Waals surface area contributed by atoms with Crippen LogP contribution in [0.3, 0.4) is 0 Å². The molecule has 0 aliphatic carbocycles. The number of benzene rings is 1. The number of aryl methyl sites for hydroxylation is 2. The fraction of sp³-hybridized carbons (Fsp3) is 0.400. The molecular weight excluding hydrogens is 224 g/mol. The lowest BCUT2D eigenvalue weighted by Gasteiger charge is -2.33. The minimum absolute atomic E-state index is 0.0780. The molecule has 1 N–H and O–H groups in total. The van der Waals surface area contributed by atoms with Gasteiger partial charge in [-0.15, -0.1) is 0 Å². The summed E-state index contributed by atoms with van der Waals surface area (Å²) in [6, 6.07) is 2.12. The van der Waals surface area contributed by atoms with E-state index >= 15 is 0 Å². The van der Waals surface area contributed by atoms with E-state index in [4.69, 9.17) is 0 Å². The van der Waals surface area contributed by atoms with Gasteiger partial charge in [-0.3, -0.25) is 4.90 Å². The number of carbonyl (C=O) groups is 1. The van der Waals surface area contributed by atoms with Crippen LogP contribution in [0.1, 0.15) is 36.1 Å². The van der Waals surface area contributed by atoms with Crippen molar-refractivity contribution in [2.75, 3.05) is 11.9 Å². The molecule has 18 heavy (non-hydrogen) atoms. The third-order valence-corrected chi connectivity index (χ3v) is 3.68. The van der Waals surface area contributed by atoms with Crippen LogP contribution in [-0.2, 0) is 6.42 Å². The number of nitrogens with one attached hydrogen (secondary N) is 1. The van der Waals surface area contributed by atoms with Crippen molar-refractivity contribution >= 4 is 17.4 Å². The van der Waals surface area contributed by atoms with Crippen LogP contribution in [0.5, 0.6) is 0 Å². The maximum atomic E-state index is 12.0. The molecule has 1 aliphatic rings.